The lowest BCUT2D eigenvalue weighted by atomic mass is 10.0. The molecule has 0 aromatic carbocycles. The Kier molecular flexibility index (Phi) is 7.03. The predicted molar refractivity (Wildman–Crippen MR) is 67.3 cm³/mol. The summed E-state index contributed by atoms with van der Waals surface area (Å²) in [5.74, 6) is 0. The van der Waals surface area contributed by atoms with Gasteiger partial charge in [-0.15, -0.1) is 0 Å². The van der Waals surface area contributed by atoms with Gasteiger partial charge >= 0.3 is 0 Å². The second-order valence-electron chi connectivity index (χ2n) is 4.74. The molecule has 0 aliphatic carbocycles. The molecule has 0 saturated carbocycles. The van der Waals surface area contributed by atoms with Crippen LogP contribution >= 0.6 is 0 Å². The van der Waals surface area contributed by atoms with Crippen molar-refractivity contribution in [2.45, 2.75) is 58.4 Å². The number of likely N-dealkylation sites (tertiary alicyclic amines) is 1. The molecule has 1 saturated heterocycles. The zero-order valence-electron chi connectivity index (χ0n) is 10.6. The molecule has 2 heteroatoms. The Labute approximate surface area is 95.4 Å². The molecule has 1 aliphatic heterocycles. The molecule has 0 radical (unpaired) electrons. The fourth-order valence-corrected chi connectivity index (χ4v) is 2.44. The first-order chi connectivity index (χ1) is 7.38. The number of hydrogen-bond acceptors (Lipinski definition) is 2. The van der Waals surface area contributed by atoms with E-state index in [2.05, 4.69) is 24.1 Å². The van der Waals surface area contributed by atoms with Crippen LogP contribution < -0.4 is 5.32 Å². The minimum atomic E-state index is 0.815. The van der Waals surface area contributed by atoms with E-state index in [1.54, 1.807) is 0 Å². The molecule has 0 aromatic heterocycles. The zero-order chi connectivity index (χ0) is 10.9. The number of piperidine rings is 1. The maximum absolute atomic E-state index is 3.60. The molecule has 1 heterocycles. The summed E-state index contributed by atoms with van der Waals surface area (Å²) >= 11 is 0. The van der Waals surface area contributed by atoms with Crippen molar-refractivity contribution in [3.8, 4) is 0 Å². The lowest BCUT2D eigenvalue weighted by Gasteiger charge is -2.35. The summed E-state index contributed by atoms with van der Waals surface area (Å²) in [5.41, 5.74) is 0. The molecule has 0 amide bonds. The van der Waals surface area contributed by atoms with Crippen LogP contribution in [0.25, 0.3) is 0 Å². The second kappa shape index (κ2) is 8.12. The van der Waals surface area contributed by atoms with Crippen molar-refractivity contribution >= 4 is 0 Å². The standard InChI is InChI=1S/C13H28N2/c1-3-5-9-14-12-13-8-6-7-11-15(13)10-4-2/h13-14H,3-12H2,1-2H3/t13-/m0/s1. The van der Waals surface area contributed by atoms with Gasteiger partial charge in [-0.1, -0.05) is 26.7 Å². The summed E-state index contributed by atoms with van der Waals surface area (Å²) in [6, 6.07) is 0.815. The van der Waals surface area contributed by atoms with Crippen molar-refractivity contribution in [2.75, 3.05) is 26.2 Å². The highest BCUT2D eigenvalue weighted by atomic mass is 15.2. The summed E-state index contributed by atoms with van der Waals surface area (Å²) in [4.78, 5) is 2.68. The third kappa shape index (κ3) is 4.98. The summed E-state index contributed by atoms with van der Waals surface area (Å²) in [6.45, 7) is 9.57. The normalized spacial score (nSPS) is 23.2. The molecule has 0 spiro atoms. The van der Waals surface area contributed by atoms with E-state index in [9.17, 15) is 0 Å². The van der Waals surface area contributed by atoms with Crippen LogP contribution in [0.5, 0.6) is 0 Å². The van der Waals surface area contributed by atoms with Crippen molar-refractivity contribution in [1.29, 1.82) is 0 Å². The number of nitrogens with one attached hydrogen (secondary N) is 1. The van der Waals surface area contributed by atoms with Crippen LogP contribution in [-0.4, -0.2) is 37.1 Å². The van der Waals surface area contributed by atoms with Gasteiger partial charge in [-0.05, 0) is 45.3 Å². The van der Waals surface area contributed by atoms with Crippen LogP contribution in [0.4, 0.5) is 0 Å². The van der Waals surface area contributed by atoms with Gasteiger partial charge in [0.05, 0.1) is 0 Å². The Morgan fingerprint density at radius 2 is 2.07 bits per heavy atom. The van der Waals surface area contributed by atoms with E-state index in [1.165, 1.54) is 64.7 Å². The number of nitrogens with zero attached hydrogens (tertiary/aromatic N) is 1. The average Bonchev–Trinajstić information content (AvgIpc) is 2.27. The highest BCUT2D eigenvalue weighted by Crippen LogP contribution is 2.16. The van der Waals surface area contributed by atoms with Gasteiger partial charge < -0.3 is 5.32 Å². The van der Waals surface area contributed by atoms with Crippen LogP contribution in [0.15, 0.2) is 0 Å². The van der Waals surface area contributed by atoms with Gasteiger partial charge in [0, 0.05) is 12.6 Å². The molecule has 1 rings (SSSR count). The van der Waals surface area contributed by atoms with Gasteiger partial charge in [0.25, 0.3) is 0 Å². The van der Waals surface area contributed by atoms with Crippen LogP contribution in [0.3, 0.4) is 0 Å². The fourth-order valence-electron chi connectivity index (χ4n) is 2.44. The summed E-state index contributed by atoms with van der Waals surface area (Å²) in [6.07, 6.45) is 8.16. The number of rotatable bonds is 7. The Morgan fingerprint density at radius 1 is 1.20 bits per heavy atom. The molecule has 1 fully saturated rings. The Morgan fingerprint density at radius 3 is 2.80 bits per heavy atom. The van der Waals surface area contributed by atoms with Crippen molar-refractivity contribution < 1.29 is 0 Å². The highest BCUT2D eigenvalue weighted by Gasteiger charge is 2.20. The monoisotopic (exact) mass is 212 g/mol. The molecule has 0 bridgehead atoms. The molecule has 1 aliphatic rings. The summed E-state index contributed by atoms with van der Waals surface area (Å²) < 4.78 is 0. The Bertz CT molecular complexity index is 145. The van der Waals surface area contributed by atoms with Crippen LogP contribution in [0.1, 0.15) is 52.4 Å². The topological polar surface area (TPSA) is 15.3 Å². The van der Waals surface area contributed by atoms with Gasteiger partial charge in [0.15, 0.2) is 0 Å². The first-order valence-corrected chi connectivity index (χ1v) is 6.83. The molecular weight excluding hydrogens is 184 g/mol. The Hall–Kier alpha value is -0.0800. The molecule has 90 valence electrons. The maximum Gasteiger partial charge on any atom is 0.0220 e. The van der Waals surface area contributed by atoms with Crippen LogP contribution in [0, 0.1) is 0 Å². The molecule has 1 atom stereocenters. The number of unbranched alkanes of at least 4 members (excludes halogenated alkanes) is 1. The largest absolute Gasteiger partial charge is 0.315 e. The Balaban J connectivity index is 2.17. The van der Waals surface area contributed by atoms with E-state index >= 15 is 0 Å². The van der Waals surface area contributed by atoms with E-state index in [0.717, 1.165) is 6.04 Å². The van der Waals surface area contributed by atoms with Crippen molar-refractivity contribution in [1.82, 2.24) is 10.2 Å². The third-order valence-electron chi connectivity index (χ3n) is 3.35. The SMILES string of the molecule is CCCCNC[C@@H]1CCCCN1CCC. The number of hydrogen-bond donors (Lipinski definition) is 1. The van der Waals surface area contributed by atoms with Crippen LogP contribution in [0.2, 0.25) is 0 Å². The summed E-state index contributed by atoms with van der Waals surface area (Å²) in [7, 11) is 0. The van der Waals surface area contributed by atoms with E-state index in [1.807, 2.05) is 0 Å². The van der Waals surface area contributed by atoms with Gasteiger partial charge in [-0.25, -0.2) is 0 Å². The third-order valence-corrected chi connectivity index (χ3v) is 3.35. The first-order valence-electron chi connectivity index (χ1n) is 6.83. The maximum atomic E-state index is 3.60. The molecule has 1 N–H and O–H groups in total. The quantitative estimate of drug-likeness (QED) is 0.653. The van der Waals surface area contributed by atoms with E-state index in [-0.39, 0.29) is 0 Å². The van der Waals surface area contributed by atoms with Crippen molar-refractivity contribution in [3.63, 3.8) is 0 Å². The lowest BCUT2D eigenvalue weighted by Crippen LogP contribution is -2.45. The molecule has 15 heavy (non-hydrogen) atoms. The lowest BCUT2D eigenvalue weighted by molar-refractivity contribution is 0.146. The molecule has 0 aromatic rings. The molecule has 2 nitrogen and oxygen atoms in total. The molecule has 0 unspecified atom stereocenters. The van der Waals surface area contributed by atoms with E-state index in [0.29, 0.717) is 0 Å². The first kappa shape index (κ1) is 13.0. The summed E-state index contributed by atoms with van der Waals surface area (Å²) in [5, 5.41) is 3.60. The van der Waals surface area contributed by atoms with Crippen molar-refractivity contribution in [3.05, 3.63) is 0 Å². The van der Waals surface area contributed by atoms with Gasteiger partial charge in [-0.3, -0.25) is 4.90 Å². The zero-order valence-corrected chi connectivity index (χ0v) is 10.6. The average molecular weight is 212 g/mol. The van der Waals surface area contributed by atoms with Crippen molar-refractivity contribution in [2.24, 2.45) is 0 Å². The van der Waals surface area contributed by atoms with E-state index < -0.39 is 0 Å². The smallest absolute Gasteiger partial charge is 0.0220 e. The van der Waals surface area contributed by atoms with Gasteiger partial charge in [0.1, 0.15) is 0 Å². The van der Waals surface area contributed by atoms with Gasteiger partial charge in [-0.2, -0.15) is 0 Å². The molecular formula is C13H28N2. The minimum absolute atomic E-state index is 0.815. The minimum Gasteiger partial charge on any atom is -0.315 e. The second-order valence-corrected chi connectivity index (χ2v) is 4.74. The predicted octanol–water partition coefficient (Wildman–Crippen LogP) is 2.64. The van der Waals surface area contributed by atoms with E-state index in [4.69, 9.17) is 0 Å². The highest BCUT2D eigenvalue weighted by molar-refractivity contribution is 4.78. The van der Waals surface area contributed by atoms with Crippen LogP contribution in [-0.2, 0) is 0 Å². The van der Waals surface area contributed by atoms with Gasteiger partial charge in [0.2, 0.25) is 0 Å². The fraction of sp³-hybridized carbons (Fsp3) is 1.00.